The number of carbonyl (C=O) groups is 1. The van der Waals surface area contributed by atoms with Crippen molar-refractivity contribution in [2.75, 3.05) is 39.4 Å². The van der Waals surface area contributed by atoms with Gasteiger partial charge in [0.1, 0.15) is 0 Å². The van der Waals surface area contributed by atoms with Gasteiger partial charge in [-0.1, -0.05) is 24.3 Å². The van der Waals surface area contributed by atoms with Crippen LogP contribution in [0.3, 0.4) is 0 Å². The molecule has 5 rings (SSSR count). The minimum Gasteiger partial charge on any atom is -0.379 e. The molecule has 1 atom stereocenters. The number of ether oxygens (including phenoxy) is 1. The van der Waals surface area contributed by atoms with E-state index in [1.165, 1.54) is 9.01 Å². The quantitative estimate of drug-likeness (QED) is 0.502. The zero-order valence-corrected chi connectivity index (χ0v) is 20.4. The van der Waals surface area contributed by atoms with E-state index >= 15 is 0 Å². The highest BCUT2D eigenvalue weighted by Crippen LogP contribution is 2.33. The van der Waals surface area contributed by atoms with Gasteiger partial charge in [0, 0.05) is 38.2 Å². The van der Waals surface area contributed by atoms with Crippen molar-refractivity contribution in [3.8, 4) is 0 Å². The molecule has 2 aromatic carbocycles. The van der Waals surface area contributed by atoms with Gasteiger partial charge < -0.3 is 9.64 Å². The number of thiazole rings is 1. The van der Waals surface area contributed by atoms with Crippen LogP contribution in [-0.2, 0) is 19.6 Å². The standard InChI is InChI=1S/C25H27N3O4S2/c29-24(27-13-3-4-20(18-27)25-26-22-5-1-2-6-23(22)33-25)12-9-19-7-10-21(11-8-19)34(30,31)28-14-16-32-17-15-28/h1-2,5-12,20H,3-4,13-18H2/b12-9+. The monoisotopic (exact) mass is 497 g/mol. The molecule has 2 aliphatic heterocycles. The topological polar surface area (TPSA) is 79.8 Å². The van der Waals surface area contributed by atoms with Crippen molar-refractivity contribution in [1.82, 2.24) is 14.2 Å². The van der Waals surface area contributed by atoms with E-state index in [2.05, 4.69) is 6.07 Å². The molecule has 0 N–H and O–H groups in total. The molecule has 3 heterocycles. The van der Waals surface area contributed by atoms with Crippen LogP contribution in [0.2, 0.25) is 0 Å². The van der Waals surface area contributed by atoms with Gasteiger partial charge in [0.15, 0.2) is 0 Å². The highest BCUT2D eigenvalue weighted by molar-refractivity contribution is 7.89. The third kappa shape index (κ3) is 4.93. The van der Waals surface area contributed by atoms with Gasteiger partial charge in [-0.15, -0.1) is 11.3 Å². The first kappa shape index (κ1) is 23.2. The molecule has 2 aliphatic rings. The van der Waals surface area contributed by atoms with Crippen LogP contribution in [0.15, 0.2) is 59.5 Å². The predicted octanol–water partition coefficient (Wildman–Crippen LogP) is 3.74. The minimum atomic E-state index is -3.52. The molecule has 0 spiro atoms. The molecular weight excluding hydrogens is 470 g/mol. The maximum Gasteiger partial charge on any atom is 0.246 e. The minimum absolute atomic E-state index is 0.0316. The Morgan fingerprint density at radius 2 is 1.82 bits per heavy atom. The van der Waals surface area contributed by atoms with Gasteiger partial charge in [-0.05, 0) is 48.7 Å². The number of hydrogen-bond acceptors (Lipinski definition) is 6. The molecular formula is C25H27N3O4S2. The Labute approximate surface area is 203 Å². The van der Waals surface area contributed by atoms with E-state index in [1.54, 1.807) is 47.8 Å². The second-order valence-corrected chi connectivity index (χ2v) is 11.6. The van der Waals surface area contributed by atoms with Crippen LogP contribution >= 0.6 is 11.3 Å². The molecule has 0 bridgehead atoms. The van der Waals surface area contributed by atoms with Crippen molar-refractivity contribution in [2.45, 2.75) is 23.7 Å². The Hall–Kier alpha value is -2.59. The number of hydrogen-bond donors (Lipinski definition) is 0. The molecule has 9 heteroatoms. The highest BCUT2D eigenvalue weighted by Gasteiger charge is 2.27. The van der Waals surface area contributed by atoms with E-state index < -0.39 is 10.0 Å². The Balaban J connectivity index is 1.23. The first-order chi connectivity index (χ1) is 16.5. The second kappa shape index (κ2) is 9.95. The van der Waals surface area contributed by atoms with Crippen LogP contribution in [0, 0.1) is 0 Å². The first-order valence-electron chi connectivity index (χ1n) is 11.5. The molecule has 3 aromatic rings. The number of carbonyl (C=O) groups excluding carboxylic acids is 1. The van der Waals surface area contributed by atoms with Gasteiger partial charge in [0.05, 0.1) is 33.3 Å². The summed E-state index contributed by atoms with van der Waals surface area (Å²) in [6.45, 7) is 2.97. The van der Waals surface area contributed by atoms with Gasteiger partial charge in [0.25, 0.3) is 0 Å². The fourth-order valence-electron chi connectivity index (χ4n) is 4.40. The van der Waals surface area contributed by atoms with Crippen LogP contribution in [-0.4, -0.2) is 67.9 Å². The van der Waals surface area contributed by atoms with Crippen LogP contribution in [0.5, 0.6) is 0 Å². The lowest BCUT2D eigenvalue weighted by molar-refractivity contribution is -0.127. The lowest BCUT2D eigenvalue weighted by Crippen LogP contribution is -2.40. The van der Waals surface area contributed by atoms with Crippen LogP contribution in [0.4, 0.5) is 0 Å². The summed E-state index contributed by atoms with van der Waals surface area (Å²) in [5.74, 6) is 0.226. The summed E-state index contributed by atoms with van der Waals surface area (Å²) in [4.78, 5) is 19.8. The van der Waals surface area contributed by atoms with Gasteiger partial charge in [-0.25, -0.2) is 13.4 Å². The van der Waals surface area contributed by atoms with E-state index in [0.717, 1.165) is 35.5 Å². The Bertz CT molecular complexity index is 1260. The highest BCUT2D eigenvalue weighted by atomic mass is 32.2. The normalized spacial score (nSPS) is 20.2. The van der Waals surface area contributed by atoms with Crippen LogP contribution in [0.1, 0.15) is 29.3 Å². The maximum atomic E-state index is 12.9. The number of nitrogens with zero attached hydrogens (tertiary/aromatic N) is 3. The van der Waals surface area contributed by atoms with Gasteiger partial charge in [-0.3, -0.25) is 4.79 Å². The van der Waals surface area contributed by atoms with Crippen molar-refractivity contribution >= 4 is 43.6 Å². The number of para-hydroxylation sites is 1. The molecule has 178 valence electrons. The molecule has 0 aliphatic carbocycles. The first-order valence-corrected chi connectivity index (χ1v) is 13.8. The van der Waals surface area contributed by atoms with Crippen molar-refractivity contribution in [3.63, 3.8) is 0 Å². The molecule has 2 fully saturated rings. The summed E-state index contributed by atoms with van der Waals surface area (Å²) in [6.07, 6.45) is 5.31. The smallest absolute Gasteiger partial charge is 0.246 e. The Morgan fingerprint density at radius 3 is 2.59 bits per heavy atom. The predicted molar refractivity (Wildman–Crippen MR) is 133 cm³/mol. The third-order valence-electron chi connectivity index (χ3n) is 6.30. The van der Waals surface area contributed by atoms with E-state index in [-0.39, 0.29) is 16.7 Å². The molecule has 1 amide bonds. The maximum absolute atomic E-state index is 12.9. The fraction of sp³-hybridized carbons (Fsp3) is 0.360. The van der Waals surface area contributed by atoms with Gasteiger partial charge in [0.2, 0.25) is 15.9 Å². The number of fused-ring (bicyclic) bond motifs is 1. The van der Waals surface area contributed by atoms with E-state index in [4.69, 9.17) is 9.72 Å². The number of rotatable bonds is 5. The molecule has 0 radical (unpaired) electrons. The zero-order chi connectivity index (χ0) is 23.5. The zero-order valence-electron chi connectivity index (χ0n) is 18.8. The van der Waals surface area contributed by atoms with Crippen molar-refractivity contribution < 1.29 is 17.9 Å². The van der Waals surface area contributed by atoms with Crippen molar-refractivity contribution in [1.29, 1.82) is 0 Å². The SMILES string of the molecule is O=C(/C=C/c1ccc(S(=O)(=O)N2CCOCC2)cc1)N1CCCC(c2nc3ccccc3s2)C1. The fourth-order valence-corrected chi connectivity index (χ4v) is 6.90. The molecule has 7 nitrogen and oxygen atoms in total. The lowest BCUT2D eigenvalue weighted by atomic mass is 9.98. The van der Waals surface area contributed by atoms with Crippen molar-refractivity contribution in [3.05, 3.63) is 65.2 Å². The summed E-state index contributed by atoms with van der Waals surface area (Å²) < 4.78 is 33.4. The summed E-state index contributed by atoms with van der Waals surface area (Å²) >= 11 is 1.71. The average molecular weight is 498 g/mol. The molecule has 0 saturated carbocycles. The van der Waals surface area contributed by atoms with E-state index in [0.29, 0.717) is 32.8 Å². The average Bonchev–Trinajstić information content (AvgIpc) is 3.33. The Kier molecular flexibility index (Phi) is 6.78. The largest absolute Gasteiger partial charge is 0.379 e. The molecule has 1 aromatic heterocycles. The number of piperidine rings is 1. The molecule has 1 unspecified atom stereocenters. The number of sulfonamides is 1. The molecule has 2 saturated heterocycles. The lowest BCUT2D eigenvalue weighted by Gasteiger charge is -2.31. The number of likely N-dealkylation sites (tertiary alicyclic amines) is 1. The van der Waals surface area contributed by atoms with Gasteiger partial charge >= 0.3 is 0 Å². The number of benzene rings is 2. The summed E-state index contributed by atoms with van der Waals surface area (Å²) in [7, 11) is -3.52. The number of morpholine rings is 1. The van der Waals surface area contributed by atoms with Crippen LogP contribution < -0.4 is 0 Å². The summed E-state index contributed by atoms with van der Waals surface area (Å²) in [5.41, 5.74) is 1.80. The summed E-state index contributed by atoms with van der Waals surface area (Å²) in [6, 6.07) is 14.8. The summed E-state index contributed by atoms with van der Waals surface area (Å²) in [5, 5.41) is 1.10. The Morgan fingerprint density at radius 1 is 1.06 bits per heavy atom. The van der Waals surface area contributed by atoms with E-state index in [9.17, 15) is 13.2 Å². The van der Waals surface area contributed by atoms with Gasteiger partial charge in [-0.2, -0.15) is 4.31 Å². The van der Waals surface area contributed by atoms with E-state index in [1.807, 2.05) is 23.1 Å². The second-order valence-electron chi connectivity index (χ2n) is 8.56. The van der Waals surface area contributed by atoms with Crippen LogP contribution in [0.25, 0.3) is 16.3 Å². The third-order valence-corrected chi connectivity index (χ3v) is 9.41. The molecule has 34 heavy (non-hydrogen) atoms. The number of aromatic nitrogens is 1. The number of amides is 1. The van der Waals surface area contributed by atoms with Crippen molar-refractivity contribution in [2.24, 2.45) is 0 Å².